The third kappa shape index (κ3) is 3.33. The maximum Gasteiger partial charge on any atom is 0.435 e. The molecule has 0 saturated heterocycles. The first-order valence-corrected chi connectivity index (χ1v) is 6.63. The number of carboxylic acids is 1. The summed E-state index contributed by atoms with van der Waals surface area (Å²) in [6.45, 7) is 1.45. The molecule has 0 radical (unpaired) electrons. The van der Waals surface area contributed by atoms with E-state index in [0.717, 1.165) is 10.7 Å². The SMILES string of the molecule is C/C(=C\c1ccc(-c2cc(C(F)(F)F)nn2C)s1)C(=O)O. The smallest absolute Gasteiger partial charge is 0.435 e. The molecule has 0 unspecified atom stereocenters. The number of rotatable bonds is 3. The standard InChI is InChI=1S/C13H11F3N2O2S/c1-7(12(19)20)5-8-3-4-10(21-8)9-6-11(13(14,15)16)17-18(9)2/h3-6H,1-2H3,(H,19,20)/b7-5+. The highest BCUT2D eigenvalue weighted by Gasteiger charge is 2.34. The predicted octanol–water partition coefficient (Wildman–Crippen LogP) is 3.66. The Kier molecular flexibility index (Phi) is 3.91. The van der Waals surface area contributed by atoms with Gasteiger partial charge in [0.15, 0.2) is 5.69 Å². The van der Waals surface area contributed by atoms with Crippen molar-refractivity contribution in [2.75, 3.05) is 0 Å². The number of hydrogen-bond donors (Lipinski definition) is 1. The molecule has 1 N–H and O–H groups in total. The number of carboxylic acid groups (broad SMARTS) is 1. The van der Waals surface area contributed by atoms with Crippen LogP contribution in [0.15, 0.2) is 23.8 Å². The van der Waals surface area contributed by atoms with Crippen molar-refractivity contribution in [1.82, 2.24) is 9.78 Å². The Morgan fingerprint density at radius 3 is 2.62 bits per heavy atom. The molecule has 0 aliphatic rings. The summed E-state index contributed by atoms with van der Waals surface area (Å²) >= 11 is 1.20. The first-order chi connectivity index (χ1) is 9.68. The fourth-order valence-electron chi connectivity index (χ4n) is 1.68. The van der Waals surface area contributed by atoms with Crippen LogP contribution in [-0.4, -0.2) is 20.9 Å². The van der Waals surface area contributed by atoms with Crippen molar-refractivity contribution in [2.24, 2.45) is 7.05 Å². The van der Waals surface area contributed by atoms with Crippen molar-refractivity contribution in [3.05, 3.63) is 34.3 Å². The van der Waals surface area contributed by atoms with Crippen LogP contribution in [0.5, 0.6) is 0 Å². The van der Waals surface area contributed by atoms with Gasteiger partial charge in [-0.15, -0.1) is 11.3 Å². The molecule has 8 heteroatoms. The molecule has 0 aliphatic carbocycles. The van der Waals surface area contributed by atoms with E-state index < -0.39 is 17.8 Å². The average Bonchev–Trinajstić information content (AvgIpc) is 2.94. The van der Waals surface area contributed by atoms with Gasteiger partial charge in [-0.3, -0.25) is 4.68 Å². The number of thiophene rings is 1. The van der Waals surface area contributed by atoms with Gasteiger partial charge in [-0.2, -0.15) is 18.3 Å². The van der Waals surface area contributed by atoms with Gasteiger partial charge in [-0.05, 0) is 31.2 Å². The molecule has 0 saturated carbocycles. The maximum absolute atomic E-state index is 12.6. The number of alkyl halides is 3. The Balaban J connectivity index is 2.37. The minimum absolute atomic E-state index is 0.157. The van der Waals surface area contributed by atoms with Crippen LogP contribution in [0.3, 0.4) is 0 Å². The zero-order chi connectivity index (χ0) is 15.8. The quantitative estimate of drug-likeness (QED) is 0.879. The lowest BCUT2D eigenvalue weighted by atomic mass is 10.2. The van der Waals surface area contributed by atoms with Crippen LogP contribution >= 0.6 is 11.3 Å². The first-order valence-electron chi connectivity index (χ1n) is 5.81. The minimum atomic E-state index is -4.49. The summed E-state index contributed by atoms with van der Waals surface area (Å²) in [4.78, 5) is 12.0. The Morgan fingerprint density at radius 1 is 1.43 bits per heavy atom. The zero-order valence-electron chi connectivity index (χ0n) is 11.1. The van der Waals surface area contributed by atoms with Crippen LogP contribution in [0.4, 0.5) is 13.2 Å². The van der Waals surface area contributed by atoms with Gasteiger partial charge in [0.25, 0.3) is 0 Å². The van der Waals surface area contributed by atoms with E-state index in [2.05, 4.69) is 5.10 Å². The van der Waals surface area contributed by atoms with E-state index in [1.54, 1.807) is 12.1 Å². The number of aromatic nitrogens is 2. The topological polar surface area (TPSA) is 55.1 Å². The molecule has 0 spiro atoms. The Morgan fingerprint density at radius 2 is 2.10 bits per heavy atom. The van der Waals surface area contributed by atoms with Crippen LogP contribution in [0.2, 0.25) is 0 Å². The van der Waals surface area contributed by atoms with Gasteiger partial charge in [0.2, 0.25) is 0 Å². The number of aryl methyl sites for hydroxylation is 1. The van der Waals surface area contributed by atoms with E-state index in [9.17, 15) is 18.0 Å². The summed E-state index contributed by atoms with van der Waals surface area (Å²) in [5.74, 6) is -1.04. The number of nitrogens with zero attached hydrogens (tertiary/aromatic N) is 2. The molecular formula is C13H11F3N2O2S. The summed E-state index contributed by atoms with van der Waals surface area (Å²) in [6, 6.07) is 4.28. The van der Waals surface area contributed by atoms with Gasteiger partial charge in [-0.1, -0.05) is 0 Å². The van der Waals surface area contributed by atoms with E-state index in [1.807, 2.05) is 0 Å². The van der Waals surface area contributed by atoms with Gasteiger partial charge < -0.3 is 5.11 Å². The van der Waals surface area contributed by atoms with E-state index in [0.29, 0.717) is 15.4 Å². The van der Waals surface area contributed by atoms with Crippen molar-refractivity contribution >= 4 is 23.4 Å². The lowest BCUT2D eigenvalue weighted by molar-refractivity contribution is -0.141. The van der Waals surface area contributed by atoms with Crippen LogP contribution in [0.1, 0.15) is 17.5 Å². The molecule has 2 heterocycles. The van der Waals surface area contributed by atoms with E-state index in [4.69, 9.17) is 5.11 Å². The number of aliphatic carboxylic acids is 1. The first kappa shape index (κ1) is 15.3. The highest BCUT2D eigenvalue weighted by Crippen LogP contribution is 2.34. The number of carbonyl (C=O) groups is 1. The van der Waals surface area contributed by atoms with Crippen LogP contribution in [0, 0.1) is 0 Å². The summed E-state index contributed by atoms with van der Waals surface area (Å²) in [6.07, 6.45) is -3.02. The molecule has 112 valence electrons. The molecule has 2 aromatic heterocycles. The second-order valence-electron chi connectivity index (χ2n) is 4.37. The van der Waals surface area contributed by atoms with E-state index in [1.165, 1.54) is 31.4 Å². The summed E-state index contributed by atoms with van der Waals surface area (Å²) in [5.41, 5.74) is -0.462. The Bertz CT molecular complexity index is 713. The molecule has 0 aliphatic heterocycles. The molecule has 0 aromatic carbocycles. The van der Waals surface area contributed by atoms with Crippen LogP contribution < -0.4 is 0 Å². The Labute approximate surface area is 122 Å². The number of halogens is 3. The average molecular weight is 316 g/mol. The molecule has 4 nitrogen and oxygen atoms in total. The molecule has 21 heavy (non-hydrogen) atoms. The summed E-state index contributed by atoms with van der Waals surface area (Å²) < 4.78 is 39.0. The third-order valence-corrected chi connectivity index (χ3v) is 3.80. The van der Waals surface area contributed by atoms with Gasteiger partial charge in [0.1, 0.15) is 0 Å². The highest BCUT2D eigenvalue weighted by atomic mass is 32.1. The van der Waals surface area contributed by atoms with Crippen molar-refractivity contribution in [2.45, 2.75) is 13.1 Å². The molecule has 2 aromatic rings. The molecule has 2 rings (SSSR count). The normalized spacial score (nSPS) is 12.7. The van der Waals surface area contributed by atoms with Crippen LogP contribution in [-0.2, 0) is 18.0 Å². The van der Waals surface area contributed by atoms with Crippen molar-refractivity contribution in [3.63, 3.8) is 0 Å². The third-order valence-electron chi connectivity index (χ3n) is 2.75. The van der Waals surface area contributed by atoms with Gasteiger partial charge in [0.05, 0.1) is 10.6 Å². The summed E-state index contributed by atoms with van der Waals surface area (Å²) in [7, 11) is 1.43. The highest BCUT2D eigenvalue weighted by molar-refractivity contribution is 7.16. The van der Waals surface area contributed by atoms with Gasteiger partial charge in [-0.25, -0.2) is 4.79 Å². The van der Waals surface area contributed by atoms with E-state index >= 15 is 0 Å². The molecular weight excluding hydrogens is 305 g/mol. The largest absolute Gasteiger partial charge is 0.478 e. The minimum Gasteiger partial charge on any atom is -0.478 e. The molecule has 0 amide bonds. The predicted molar refractivity (Wildman–Crippen MR) is 72.8 cm³/mol. The zero-order valence-corrected chi connectivity index (χ0v) is 11.9. The van der Waals surface area contributed by atoms with E-state index in [-0.39, 0.29) is 5.57 Å². The van der Waals surface area contributed by atoms with Crippen molar-refractivity contribution in [3.8, 4) is 10.6 Å². The second kappa shape index (κ2) is 5.36. The fraction of sp³-hybridized carbons (Fsp3) is 0.231. The fourth-order valence-corrected chi connectivity index (χ4v) is 2.74. The lowest BCUT2D eigenvalue weighted by Crippen LogP contribution is -2.06. The second-order valence-corrected chi connectivity index (χ2v) is 5.49. The van der Waals surface area contributed by atoms with Crippen molar-refractivity contribution < 1.29 is 23.1 Å². The monoisotopic (exact) mass is 316 g/mol. The maximum atomic E-state index is 12.6. The Hall–Kier alpha value is -2.09. The number of hydrogen-bond acceptors (Lipinski definition) is 3. The van der Waals surface area contributed by atoms with Gasteiger partial charge >= 0.3 is 12.1 Å². The van der Waals surface area contributed by atoms with Crippen molar-refractivity contribution in [1.29, 1.82) is 0 Å². The molecule has 0 fully saturated rings. The summed E-state index contributed by atoms with van der Waals surface area (Å²) in [5, 5.41) is 12.2. The molecule has 0 bridgehead atoms. The molecule has 0 atom stereocenters. The van der Waals surface area contributed by atoms with Crippen LogP contribution in [0.25, 0.3) is 16.6 Å². The van der Waals surface area contributed by atoms with Gasteiger partial charge in [0, 0.05) is 17.5 Å². The lowest BCUT2D eigenvalue weighted by Gasteiger charge is -1.98.